The standard InChI is InChI=1S/C23H27N5O2/c1-15(2)21-24-11-12-28(21)14-17-7-6-8-18(13-17)26-22(29)19-9-10-20(25-16(19)3)23(30)27(4)5/h6-13,15H,14H2,1-5H3,(H,26,29). The second-order valence-electron chi connectivity index (χ2n) is 7.75. The molecule has 3 rings (SSSR count). The fourth-order valence-electron chi connectivity index (χ4n) is 3.25. The van der Waals surface area contributed by atoms with Crippen molar-refractivity contribution in [3.63, 3.8) is 0 Å². The third-order valence-corrected chi connectivity index (χ3v) is 4.76. The molecular weight excluding hydrogens is 378 g/mol. The molecule has 7 heteroatoms. The van der Waals surface area contributed by atoms with Crippen LogP contribution in [0.25, 0.3) is 0 Å². The Morgan fingerprint density at radius 2 is 1.93 bits per heavy atom. The van der Waals surface area contributed by atoms with Gasteiger partial charge >= 0.3 is 0 Å². The number of nitrogens with zero attached hydrogens (tertiary/aromatic N) is 4. The minimum absolute atomic E-state index is 0.196. The van der Waals surface area contributed by atoms with Crippen molar-refractivity contribution >= 4 is 17.5 Å². The van der Waals surface area contributed by atoms with Gasteiger partial charge in [-0.1, -0.05) is 26.0 Å². The Labute approximate surface area is 176 Å². The Morgan fingerprint density at radius 3 is 2.60 bits per heavy atom. The number of carbonyl (C=O) groups excluding carboxylic acids is 2. The number of amides is 2. The van der Waals surface area contributed by atoms with Gasteiger partial charge < -0.3 is 14.8 Å². The van der Waals surface area contributed by atoms with E-state index in [1.165, 1.54) is 4.90 Å². The van der Waals surface area contributed by atoms with Crippen molar-refractivity contribution in [2.24, 2.45) is 0 Å². The van der Waals surface area contributed by atoms with Gasteiger partial charge in [-0.25, -0.2) is 9.97 Å². The Bertz CT molecular complexity index is 1070. The van der Waals surface area contributed by atoms with Crippen molar-refractivity contribution in [3.8, 4) is 0 Å². The molecule has 0 unspecified atom stereocenters. The lowest BCUT2D eigenvalue weighted by Crippen LogP contribution is -2.23. The number of imidazole rings is 1. The van der Waals surface area contributed by atoms with E-state index in [-0.39, 0.29) is 11.8 Å². The van der Waals surface area contributed by atoms with E-state index >= 15 is 0 Å². The molecule has 1 aromatic carbocycles. The molecule has 0 fully saturated rings. The summed E-state index contributed by atoms with van der Waals surface area (Å²) in [7, 11) is 3.34. The van der Waals surface area contributed by atoms with Crippen molar-refractivity contribution in [1.29, 1.82) is 0 Å². The summed E-state index contributed by atoms with van der Waals surface area (Å²) < 4.78 is 2.11. The Balaban J connectivity index is 1.75. The topological polar surface area (TPSA) is 80.1 Å². The average Bonchev–Trinajstić information content (AvgIpc) is 3.15. The molecule has 7 nitrogen and oxygen atoms in total. The van der Waals surface area contributed by atoms with Crippen LogP contribution < -0.4 is 5.32 Å². The quantitative estimate of drug-likeness (QED) is 0.678. The van der Waals surface area contributed by atoms with Gasteiger partial charge in [-0.15, -0.1) is 0 Å². The van der Waals surface area contributed by atoms with Crippen LogP contribution in [0.15, 0.2) is 48.8 Å². The van der Waals surface area contributed by atoms with E-state index in [4.69, 9.17) is 0 Å². The van der Waals surface area contributed by atoms with E-state index in [1.54, 1.807) is 39.3 Å². The van der Waals surface area contributed by atoms with Crippen LogP contribution in [0.5, 0.6) is 0 Å². The van der Waals surface area contributed by atoms with Crippen LogP contribution in [-0.4, -0.2) is 45.3 Å². The molecule has 1 N–H and O–H groups in total. The molecule has 0 aliphatic carbocycles. The number of nitrogens with one attached hydrogen (secondary N) is 1. The van der Waals surface area contributed by atoms with Crippen LogP contribution in [-0.2, 0) is 6.54 Å². The number of carbonyl (C=O) groups is 2. The largest absolute Gasteiger partial charge is 0.343 e. The van der Waals surface area contributed by atoms with Crippen LogP contribution in [0.2, 0.25) is 0 Å². The van der Waals surface area contributed by atoms with E-state index in [0.717, 1.165) is 11.4 Å². The highest BCUT2D eigenvalue weighted by molar-refractivity contribution is 6.05. The summed E-state index contributed by atoms with van der Waals surface area (Å²) in [6.45, 7) is 6.63. The molecule has 0 aliphatic rings. The number of hydrogen-bond donors (Lipinski definition) is 1. The number of rotatable bonds is 6. The number of aryl methyl sites for hydroxylation is 1. The molecular formula is C23H27N5O2. The highest BCUT2D eigenvalue weighted by atomic mass is 16.2. The minimum Gasteiger partial charge on any atom is -0.343 e. The van der Waals surface area contributed by atoms with E-state index in [2.05, 4.69) is 33.7 Å². The molecule has 0 saturated heterocycles. The Kier molecular flexibility index (Phi) is 6.30. The third kappa shape index (κ3) is 4.74. The van der Waals surface area contributed by atoms with E-state index in [1.807, 2.05) is 30.5 Å². The second kappa shape index (κ2) is 8.90. The van der Waals surface area contributed by atoms with Gasteiger partial charge in [0, 0.05) is 44.6 Å². The van der Waals surface area contributed by atoms with Crippen molar-refractivity contribution in [3.05, 3.63) is 77.1 Å². The SMILES string of the molecule is Cc1nc(C(=O)N(C)C)ccc1C(=O)Nc1cccc(Cn2ccnc2C(C)C)c1. The first kappa shape index (κ1) is 21.2. The minimum atomic E-state index is -0.258. The van der Waals surface area contributed by atoms with Crippen molar-refractivity contribution in [1.82, 2.24) is 19.4 Å². The van der Waals surface area contributed by atoms with E-state index < -0.39 is 0 Å². The first-order valence-corrected chi connectivity index (χ1v) is 9.87. The smallest absolute Gasteiger partial charge is 0.271 e. The van der Waals surface area contributed by atoms with Crippen molar-refractivity contribution < 1.29 is 9.59 Å². The summed E-state index contributed by atoms with van der Waals surface area (Å²) in [5.41, 5.74) is 3.03. The third-order valence-electron chi connectivity index (χ3n) is 4.76. The normalized spacial score (nSPS) is 10.9. The highest BCUT2D eigenvalue weighted by Crippen LogP contribution is 2.18. The molecule has 2 aromatic heterocycles. The molecule has 2 amide bonds. The van der Waals surface area contributed by atoms with Gasteiger partial charge in [0.2, 0.25) is 0 Å². The van der Waals surface area contributed by atoms with Gasteiger partial charge in [-0.2, -0.15) is 0 Å². The van der Waals surface area contributed by atoms with Gasteiger partial charge in [0.15, 0.2) is 0 Å². The van der Waals surface area contributed by atoms with Crippen LogP contribution in [0, 0.1) is 6.92 Å². The summed E-state index contributed by atoms with van der Waals surface area (Å²) >= 11 is 0. The molecule has 0 radical (unpaired) electrons. The maximum Gasteiger partial charge on any atom is 0.271 e. The summed E-state index contributed by atoms with van der Waals surface area (Å²) in [6, 6.07) is 11.0. The second-order valence-corrected chi connectivity index (χ2v) is 7.75. The molecule has 3 aromatic rings. The number of hydrogen-bond acceptors (Lipinski definition) is 4. The van der Waals surface area contributed by atoms with Crippen LogP contribution in [0.4, 0.5) is 5.69 Å². The summed E-state index contributed by atoms with van der Waals surface area (Å²) in [4.78, 5) is 35.0. The summed E-state index contributed by atoms with van der Waals surface area (Å²) in [5, 5.41) is 2.93. The number of aromatic nitrogens is 3. The molecule has 0 aliphatic heterocycles. The van der Waals surface area contributed by atoms with Crippen LogP contribution in [0.1, 0.15) is 57.7 Å². The lowest BCUT2D eigenvalue weighted by atomic mass is 10.1. The van der Waals surface area contributed by atoms with Gasteiger partial charge in [0.1, 0.15) is 11.5 Å². The molecule has 0 spiro atoms. The maximum absolute atomic E-state index is 12.8. The number of pyridine rings is 1. The van der Waals surface area contributed by atoms with Crippen molar-refractivity contribution in [2.45, 2.75) is 33.2 Å². The molecule has 0 saturated carbocycles. The van der Waals surface area contributed by atoms with Crippen LogP contribution >= 0.6 is 0 Å². The highest BCUT2D eigenvalue weighted by Gasteiger charge is 2.15. The average molecular weight is 406 g/mol. The van der Waals surface area contributed by atoms with Gasteiger partial charge in [-0.05, 0) is 36.8 Å². The van der Waals surface area contributed by atoms with E-state index in [9.17, 15) is 9.59 Å². The predicted molar refractivity (Wildman–Crippen MR) is 117 cm³/mol. The van der Waals surface area contributed by atoms with Crippen LogP contribution in [0.3, 0.4) is 0 Å². The fraction of sp³-hybridized carbons (Fsp3) is 0.304. The molecule has 30 heavy (non-hydrogen) atoms. The molecule has 156 valence electrons. The Hall–Kier alpha value is -3.48. The van der Waals surface area contributed by atoms with E-state index in [0.29, 0.717) is 35.1 Å². The van der Waals surface area contributed by atoms with Gasteiger partial charge in [0.05, 0.1) is 11.3 Å². The number of anilines is 1. The fourth-order valence-corrected chi connectivity index (χ4v) is 3.25. The van der Waals surface area contributed by atoms with Gasteiger partial charge in [-0.3, -0.25) is 9.59 Å². The lowest BCUT2D eigenvalue weighted by Gasteiger charge is -2.13. The maximum atomic E-state index is 12.8. The molecule has 0 atom stereocenters. The zero-order chi connectivity index (χ0) is 21.8. The predicted octanol–water partition coefficient (Wildman–Crippen LogP) is 3.71. The Morgan fingerprint density at radius 1 is 1.17 bits per heavy atom. The zero-order valence-corrected chi connectivity index (χ0v) is 18.0. The first-order valence-electron chi connectivity index (χ1n) is 9.87. The molecule has 0 bridgehead atoms. The summed E-state index contributed by atoms with van der Waals surface area (Å²) in [6.07, 6.45) is 3.77. The first-order chi connectivity index (χ1) is 14.3. The van der Waals surface area contributed by atoms with Crippen molar-refractivity contribution in [2.75, 3.05) is 19.4 Å². The monoisotopic (exact) mass is 405 g/mol. The zero-order valence-electron chi connectivity index (χ0n) is 18.0. The summed E-state index contributed by atoms with van der Waals surface area (Å²) in [5.74, 6) is 0.906. The molecule has 2 heterocycles. The van der Waals surface area contributed by atoms with Gasteiger partial charge in [0.25, 0.3) is 11.8 Å². The lowest BCUT2D eigenvalue weighted by molar-refractivity contribution is 0.0821. The number of benzene rings is 1.